The van der Waals surface area contributed by atoms with Crippen LogP contribution in [0.1, 0.15) is 18.5 Å². The fourth-order valence-electron chi connectivity index (χ4n) is 3.26. The second-order valence-electron chi connectivity index (χ2n) is 6.48. The number of carbonyl (C=O) groups excluding carboxylic acids is 1. The van der Waals surface area contributed by atoms with Gasteiger partial charge >= 0.3 is 5.69 Å². The first-order valence-corrected chi connectivity index (χ1v) is 8.36. The van der Waals surface area contributed by atoms with Crippen molar-refractivity contribution in [1.82, 2.24) is 18.9 Å². The molecule has 1 aromatic heterocycles. The summed E-state index contributed by atoms with van der Waals surface area (Å²) in [5.41, 5.74) is 0.0898. The van der Waals surface area contributed by atoms with Crippen molar-refractivity contribution in [2.75, 3.05) is 32.8 Å². The van der Waals surface area contributed by atoms with Crippen molar-refractivity contribution >= 4 is 5.91 Å². The topological polar surface area (TPSA) is 76.8 Å². The highest BCUT2D eigenvalue weighted by Crippen LogP contribution is 2.16. The Balaban J connectivity index is 1.61. The lowest BCUT2D eigenvalue weighted by atomic mass is 10.2. The molecule has 0 aromatic carbocycles. The van der Waals surface area contributed by atoms with E-state index in [4.69, 9.17) is 4.74 Å². The van der Waals surface area contributed by atoms with Crippen molar-refractivity contribution in [2.45, 2.75) is 25.5 Å². The van der Waals surface area contributed by atoms with Crippen LogP contribution in [0.25, 0.3) is 0 Å². The van der Waals surface area contributed by atoms with Crippen LogP contribution in [-0.4, -0.2) is 63.7 Å². The molecule has 1 unspecified atom stereocenters. The van der Waals surface area contributed by atoms with Crippen molar-refractivity contribution in [1.29, 1.82) is 0 Å². The molecule has 0 saturated carbocycles. The van der Waals surface area contributed by atoms with E-state index >= 15 is 0 Å². The van der Waals surface area contributed by atoms with E-state index in [0.717, 1.165) is 30.5 Å². The Morgan fingerprint density at radius 1 is 1.17 bits per heavy atom. The molecule has 1 amide bonds. The number of hydrogen-bond acceptors (Lipinski definition) is 5. The van der Waals surface area contributed by atoms with Crippen LogP contribution in [-0.2, 0) is 30.2 Å². The Morgan fingerprint density at radius 2 is 1.88 bits per heavy atom. The molecule has 0 radical (unpaired) electrons. The summed E-state index contributed by atoms with van der Waals surface area (Å²) >= 11 is 0. The average Bonchev–Trinajstić information content (AvgIpc) is 3.12. The summed E-state index contributed by atoms with van der Waals surface area (Å²) in [4.78, 5) is 40.1. The fraction of sp³-hybridized carbons (Fsp3) is 0.688. The maximum Gasteiger partial charge on any atom is 0.330 e. The van der Waals surface area contributed by atoms with E-state index in [9.17, 15) is 14.4 Å². The third kappa shape index (κ3) is 3.29. The first-order chi connectivity index (χ1) is 11.5. The second kappa shape index (κ2) is 6.90. The summed E-state index contributed by atoms with van der Waals surface area (Å²) in [5.74, 6) is 0.0909. The van der Waals surface area contributed by atoms with Gasteiger partial charge in [0, 0.05) is 65.2 Å². The number of aromatic nitrogens is 2. The van der Waals surface area contributed by atoms with Gasteiger partial charge in [-0.05, 0) is 12.8 Å². The highest BCUT2D eigenvalue weighted by Gasteiger charge is 2.30. The highest BCUT2D eigenvalue weighted by molar-refractivity contribution is 5.81. The molecular formula is C16H24N4O4. The van der Waals surface area contributed by atoms with Gasteiger partial charge in [-0.1, -0.05) is 0 Å². The van der Waals surface area contributed by atoms with Crippen molar-refractivity contribution in [3.05, 3.63) is 32.6 Å². The van der Waals surface area contributed by atoms with Crippen LogP contribution in [0.3, 0.4) is 0 Å². The zero-order valence-corrected chi connectivity index (χ0v) is 14.2. The van der Waals surface area contributed by atoms with Gasteiger partial charge in [0.15, 0.2) is 0 Å². The maximum atomic E-state index is 12.3. The minimum Gasteiger partial charge on any atom is -0.368 e. The number of ether oxygens (including phenoxy) is 1. The third-order valence-corrected chi connectivity index (χ3v) is 4.90. The number of carbonyl (C=O) groups is 1. The quantitative estimate of drug-likeness (QED) is 0.701. The molecule has 24 heavy (non-hydrogen) atoms. The maximum absolute atomic E-state index is 12.3. The van der Waals surface area contributed by atoms with E-state index < -0.39 is 0 Å². The van der Waals surface area contributed by atoms with Gasteiger partial charge in [0.25, 0.3) is 11.5 Å². The van der Waals surface area contributed by atoms with Crippen LogP contribution in [0.2, 0.25) is 0 Å². The van der Waals surface area contributed by atoms with Gasteiger partial charge in [0.2, 0.25) is 0 Å². The van der Waals surface area contributed by atoms with Gasteiger partial charge < -0.3 is 9.64 Å². The SMILES string of the molecule is Cn1c(CN2CCN(C(=O)C3CCCO3)CC2)cc(=O)n(C)c1=O. The predicted octanol–water partition coefficient (Wildman–Crippen LogP) is -1.09. The molecular weight excluding hydrogens is 312 g/mol. The Bertz CT molecular complexity index is 725. The summed E-state index contributed by atoms with van der Waals surface area (Å²) < 4.78 is 8.07. The van der Waals surface area contributed by atoms with Crippen molar-refractivity contribution in [3.8, 4) is 0 Å². The molecule has 0 spiro atoms. The molecule has 1 aromatic rings. The predicted molar refractivity (Wildman–Crippen MR) is 87.8 cm³/mol. The van der Waals surface area contributed by atoms with Gasteiger partial charge in [-0.15, -0.1) is 0 Å². The van der Waals surface area contributed by atoms with Gasteiger partial charge in [0.05, 0.1) is 0 Å². The van der Waals surface area contributed by atoms with Crippen LogP contribution in [0, 0.1) is 0 Å². The minimum atomic E-state index is -0.315. The molecule has 3 heterocycles. The lowest BCUT2D eigenvalue weighted by Gasteiger charge is -2.35. The highest BCUT2D eigenvalue weighted by atomic mass is 16.5. The molecule has 0 bridgehead atoms. The molecule has 2 saturated heterocycles. The summed E-state index contributed by atoms with van der Waals surface area (Å²) in [6.45, 7) is 3.95. The van der Waals surface area contributed by atoms with Crippen LogP contribution in [0.4, 0.5) is 0 Å². The lowest BCUT2D eigenvalue weighted by molar-refractivity contribution is -0.142. The summed E-state index contributed by atoms with van der Waals surface area (Å²) in [7, 11) is 3.15. The average molecular weight is 336 g/mol. The van der Waals surface area contributed by atoms with Crippen molar-refractivity contribution in [2.24, 2.45) is 14.1 Å². The van der Waals surface area contributed by atoms with E-state index in [1.54, 1.807) is 7.05 Å². The van der Waals surface area contributed by atoms with Gasteiger partial charge in [-0.2, -0.15) is 0 Å². The molecule has 132 valence electrons. The van der Waals surface area contributed by atoms with E-state index in [-0.39, 0.29) is 23.3 Å². The summed E-state index contributed by atoms with van der Waals surface area (Å²) in [5, 5.41) is 0. The van der Waals surface area contributed by atoms with E-state index in [2.05, 4.69) is 4.90 Å². The monoisotopic (exact) mass is 336 g/mol. The standard InChI is InChI=1S/C16H24N4O4/c1-17-12(10-14(21)18(2)16(17)23)11-19-5-7-20(8-6-19)15(22)13-4-3-9-24-13/h10,13H,3-9,11H2,1-2H3. The largest absolute Gasteiger partial charge is 0.368 e. The Morgan fingerprint density at radius 3 is 2.50 bits per heavy atom. The fourth-order valence-corrected chi connectivity index (χ4v) is 3.26. The smallest absolute Gasteiger partial charge is 0.330 e. The lowest BCUT2D eigenvalue weighted by Crippen LogP contribution is -2.51. The minimum absolute atomic E-state index is 0.0909. The van der Waals surface area contributed by atoms with Crippen LogP contribution < -0.4 is 11.2 Å². The molecule has 3 rings (SSSR count). The van der Waals surface area contributed by atoms with E-state index in [1.807, 2.05) is 4.90 Å². The second-order valence-corrected chi connectivity index (χ2v) is 6.48. The van der Waals surface area contributed by atoms with Gasteiger partial charge in [-0.3, -0.25) is 23.6 Å². The van der Waals surface area contributed by atoms with Crippen molar-refractivity contribution in [3.63, 3.8) is 0 Å². The number of hydrogen-bond donors (Lipinski definition) is 0. The number of piperazine rings is 1. The van der Waals surface area contributed by atoms with E-state index in [0.29, 0.717) is 31.9 Å². The molecule has 2 aliphatic heterocycles. The number of nitrogens with zero attached hydrogens (tertiary/aromatic N) is 4. The molecule has 0 aliphatic carbocycles. The first-order valence-electron chi connectivity index (χ1n) is 8.36. The van der Waals surface area contributed by atoms with Gasteiger partial charge in [0.1, 0.15) is 6.10 Å². The zero-order valence-electron chi connectivity index (χ0n) is 14.2. The van der Waals surface area contributed by atoms with Crippen LogP contribution in [0.15, 0.2) is 15.7 Å². The molecule has 2 aliphatic rings. The zero-order chi connectivity index (χ0) is 17.3. The van der Waals surface area contributed by atoms with Crippen molar-refractivity contribution < 1.29 is 9.53 Å². The Hall–Kier alpha value is -1.93. The molecule has 0 N–H and O–H groups in total. The van der Waals surface area contributed by atoms with Crippen LogP contribution >= 0.6 is 0 Å². The molecule has 1 atom stereocenters. The van der Waals surface area contributed by atoms with E-state index in [1.165, 1.54) is 17.7 Å². The molecule has 8 nitrogen and oxygen atoms in total. The Labute approximate surface area is 140 Å². The number of amides is 1. The summed E-state index contributed by atoms with van der Waals surface area (Å²) in [6.07, 6.45) is 1.50. The first kappa shape index (κ1) is 16.9. The van der Waals surface area contributed by atoms with Crippen LogP contribution in [0.5, 0.6) is 0 Å². The Kier molecular flexibility index (Phi) is 4.86. The van der Waals surface area contributed by atoms with Gasteiger partial charge in [-0.25, -0.2) is 4.79 Å². The third-order valence-electron chi connectivity index (χ3n) is 4.90. The molecule has 2 fully saturated rings. The normalized spacial score (nSPS) is 22.1. The number of rotatable bonds is 3. The molecule has 8 heteroatoms. The summed E-state index contributed by atoms with van der Waals surface area (Å²) in [6, 6.07) is 1.51.